The highest BCUT2D eigenvalue weighted by molar-refractivity contribution is 7.98. The highest BCUT2D eigenvalue weighted by Gasteiger charge is 2.10. The normalized spacial score (nSPS) is 10.7. The van der Waals surface area contributed by atoms with Gasteiger partial charge in [0.25, 0.3) is 0 Å². The Bertz CT molecular complexity index is 609. The van der Waals surface area contributed by atoms with Gasteiger partial charge in [0, 0.05) is 25.6 Å². The predicted octanol–water partition coefficient (Wildman–Crippen LogP) is 1.83. The summed E-state index contributed by atoms with van der Waals surface area (Å²) in [5, 5.41) is 9.12. The van der Waals surface area contributed by atoms with Crippen LogP contribution in [-0.4, -0.2) is 20.7 Å². The SMILES string of the molecule is Cc1ccccc1CSc1nnc(CCC(N)=O)n1C. The third-order valence-electron chi connectivity index (χ3n) is 3.14. The Hall–Kier alpha value is -1.82. The first-order chi connectivity index (χ1) is 9.58. The monoisotopic (exact) mass is 290 g/mol. The molecule has 2 N–H and O–H groups in total. The Morgan fingerprint density at radius 2 is 2.10 bits per heavy atom. The standard InChI is InChI=1S/C14H18N4OS/c1-10-5-3-4-6-11(10)9-20-14-17-16-13(18(14)2)8-7-12(15)19/h3-6H,7-9H2,1-2H3,(H2,15,19). The summed E-state index contributed by atoms with van der Waals surface area (Å²) in [4.78, 5) is 10.8. The van der Waals surface area contributed by atoms with Crippen LogP contribution in [0.3, 0.4) is 0 Å². The molecule has 5 nitrogen and oxygen atoms in total. The van der Waals surface area contributed by atoms with Crippen molar-refractivity contribution in [3.63, 3.8) is 0 Å². The molecule has 1 aromatic heterocycles. The number of aromatic nitrogens is 3. The minimum Gasteiger partial charge on any atom is -0.370 e. The van der Waals surface area contributed by atoms with Crippen LogP contribution in [-0.2, 0) is 24.0 Å². The van der Waals surface area contributed by atoms with Gasteiger partial charge in [-0.2, -0.15) is 0 Å². The number of benzene rings is 1. The highest BCUT2D eigenvalue weighted by atomic mass is 32.2. The van der Waals surface area contributed by atoms with E-state index < -0.39 is 0 Å². The lowest BCUT2D eigenvalue weighted by Crippen LogP contribution is -2.12. The average Bonchev–Trinajstić information content (AvgIpc) is 2.76. The van der Waals surface area contributed by atoms with Crippen molar-refractivity contribution >= 4 is 17.7 Å². The summed E-state index contributed by atoms with van der Waals surface area (Å²) in [5.74, 6) is 1.33. The van der Waals surface area contributed by atoms with Gasteiger partial charge in [0.05, 0.1) is 0 Å². The van der Waals surface area contributed by atoms with E-state index in [-0.39, 0.29) is 5.91 Å². The average molecular weight is 290 g/mol. The van der Waals surface area contributed by atoms with Crippen molar-refractivity contribution in [1.29, 1.82) is 0 Å². The van der Waals surface area contributed by atoms with Crippen LogP contribution in [0.2, 0.25) is 0 Å². The van der Waals surface area contributed by atoms with Crippen LogP contribution in [0.4, 0.5) is 0 Å². The molecule has 0 aliphatic rings. The van der Waals surface area contributed by atoms with Crippen LogP contribution in [0.5, 0.6) is 0 Å². The molecule has 20 heavy (non-hydrogen) atoms. The van der Waals surface area contributed by atoms with Gasteiger partial charge < -0.3 is 10.3 Å². The molecule has 0 aliphatic carbocycles. The number of hydrogen-bond acceptors (Lipinski definition) is 4. The van der Waals surface area contributed by atoms with Gasteiger partial charge in [-0.25, -0.2) is 0 Å². The lowest BCUT2D eigenvalue weighted by molar-refractivity contribution is -0.118. The molecule has 2 rings (SSSR count). The number of amides is 1. The van der Waals surface area contributed by atoms with E-state index in [9.17, 15) is 4.79 Å². The van der Waals surface area contributed by atoms with Crippen LogP contribution in [0.15, 0.2) is 29.4 Å². The van der Waals surface area contributed by atoms with Crippen LogP contribution >= 0.6 is 11.8 Å². The number of thioether (sulfide) groups is 1. The first-order valence-electron chi connectivity index (χ1n) is 6.42. The lowest BCUT2D eigenvalue weighted by atomic mass is 10.1. The molecule has 106 valence electrons. The molecule has 2 aromatic rings. The fraction of sp³-hybridized carbons (Fsp3) is 0.357. The minimum absolute atomic E-state index is 0.300. The van der Waals surface area contributed by atoms with Crippen molar-refractivity contribution in [3.8, 4) is 0 Å². The van der Waals surface area contributed by atoms with Gasteiger partial charge in [-0.3, -0.25) is 4.79 Å². The van der Waals surface area contributed by atoms with Crippen molar-refractivity contribution in [2.75, 3.05) is 0 Å². The number of hydrogen-bond donors (Lipinski definition) is 1. The molecule has 1 aromatic carbocycles. The number of nitrogens with two attached hydrogens (primary N) is 1. The molecule has 0 spiro atoms. The summed E-state index contributed by atoms with van der Waals surface area (Å²) in [6.07, 6.45) is 0.832. The van der Waals surface area contributed by atoms with Crippen LogP contribution in [0, 0.1) is 6.92 Å². The molecular formula is C14H18N4OS. The number of aryl methyl sites for hydroxylation is 2. The largest absolute Gasteiger partial charge is 0.370 e. The Balaban J connectivity index is 2.00. The first kappa shape index (κ1) is 14.6. The van der Waals surface area contributed by atoms with Crippen molar-refractivity contribution < 1.29 is 4.79 Å². The second kappa shape index (κ2) is 6.56. The van der Waals surface area contributed by atoms with E-state index in [0.29, 0.717) is 12.8 Å². The van der Waals surface area contributed by atoms with Gasteiger partial charge in [0.2, 0.25) is 5.91 Å². The molecule has 0 aliphatic heterocycles. The maximum atomic E-state index is 10.8. The fourth-order valence-corrected chi connectivity index (χ4v) is 2.84. The topological polar surface area (TPSA) is 73.8 Å². The molecule has 6 heteroatoms. The molecule has 1 amide bonds. The van der Waals surface area contributed by atoms with Crippen LogP contribution in [0.25, 0.3) is 0 Å². The van der Waals surface area contributed by atoms with Gasteiger partial charge in [-0.1, -0.05) is 36.0 Å². The van der Waals surface area contributed by atoms with Crippen molar-refractivity contribution in [1.82, 2.24) is 14.8 Å². The fourth-order valence-electron chi connectivity index (χ4n) is 1.84. The maximum absolute atomic E-state index is 10.8. The number of primary amides is 1. The number of rotatable bonds is 6. The first-order valence-corrected chi connectivity index (χ1v) is 7.40. The van der Waals surface area contributed by atoms with E-state index >= 15 is 0 Å². The Labute approximate surface area is 122 Å². The van der Waals surface area contributed by atoms with Crippen molar-refractivity contribution in [3.05, 3.63) is 41.2 Å². The Morgan fingerprint density at radius 3 is 2.80 bits per heavy atom. The third-order valence-corrected chi connectivity index (χ3v) is 4.21. The smallest absolute Gasteiger partial charge is 0.217 e. The van der Waals surface area contributed by atoms with Gasteiger partial charge in [-0.15, -0.1) is 10.2 Å². The summed E-state index contributed by atoms with van der Waals surface area (Å²) in [6.45, 7) is 2.10. The third kappa shape index (κ3) is 3.60. The molecule has 1 heterocycles. The molecule has 0 saturated heterocycles. The molecule has 0 radical (unpaired) electrons. The number of carbonyl (C=O) groups is 1. The quantitative estimate of drug-likeness (QED) is 0.824. The van der Waals surface area contributed by atoms with E-state index in [2.05, 4.69) is 29.3 Å². The van der Waals surface area contributed by atoms with Gasteiger partial charge >= 0.3 is 0 Å². The maximum Gasteiger partial charge on any atom is 0.217 e. The minimum atomic E-state index is -0.317. The van der Waals surface area contributed by atoms with Gasteiger partial charge in [-0.05, 0) is 18.1 Å². The Morgan fingerprint density at radius 1 is 1.35 bits per heavy atom. The molecule has 0 unspecified atom stereocenters. The van der Waals surface area contributed by atoms with Crippen LogP contribution in [0.1, 0.15) is 23.4 Å². The van der Waals surface area contributed by atoms with E-state index in [4.69, 9.17) is 5.73 Å². The van der Waals surface area contributed by atoms with E-state index in [1.165, 1.54) is 11.1 Å². The Kier molecular flexibility index (Phi) is 4.79. The second-order valence-corrected chi connectivity index (χ2v) is 5.58. The summed E-state index contributed by atoms with van der Waals surface area (Å²) in [5.41, 5.74) is 7.71. The molecule has 0 bridgehead atoms. The van der Waals surface area contributed by atoms with Gasteiger partial charge in [0.1, 0.15) is 5.82 Å². The summed E-state index contributed by atoms with van der Waals surface area (Å²) in [6, 6.07) is 8.29. The van der Waals surface area contributed by atoms with Crippen molar-refractivity contribution in [2.24, 2.45) is 12.8 Å². The molecule has 0 saturated carbocycles. The number of nitrogens with zero attached hydrogens (tertiary/aromatic N) is 3. The molecule has 0 fully saturated rings. The van der Waals surface area contributed by atoms with Gasteiger partial charge in [0.15, 0.2) is 5.16 Å². The zero-order valence-electron chi connectivity index (χ0n) is 11.7. The molecular weight excluding hydrogens is 272 g/mol. The summed E-state index contributed by atoms with van der Waals surface area (Å²) < 4.78 is 1.92. The lowest BCUT2D eigenvalue weighted by Gasteiger charge is -2.05. The highest BCUT2D eigenvalue weighted by Crippen LogP contribution is 2.23. The van der Waals surface area contributed by atoms with E-state index in [0.717, 1.165) is 16.7 Å². The van der Waals surface area contributed by atoms with E-state index in [1.54, 1.807) is 11.8 Å². The number of carbonyl (C=O) groups excluding carboxylic acids is 1. The summed E-state index contributed by atoms with van der Waals surface area (Å²) >= 11 is 1.64. The zero-order chi connectivity index (χ0) is 14.5. The summed E-state index contributed by atoms with van der Waals surface area (Å²) in [7, 11) is 1.91. The van der Waals surface area contributed by atoms with Crippen molar-refractivity contribution in [2.45, 2.75) is 30.7 Å². The predicted molar refractivity (Wildman–Crippen MR) is 79.3 cm³/mol. The zero-order valence-corrected chi connectivity index (χ0v) is 12.5. The molecule has 0 atom stereocenters. The second-order valence-electron chi connectivity index (χ2n) is 4.64. The van der Waals surface area contributed by atoms with E-state index in [1.807, 2.05) is 23.7 Å². The van der Waals surface area contributed by atoms with Crippen LogP contribution < -0.4 is 5.73 Å².